The molecule has 8 rings (SSSR count). The molecule has 0 saturated heterocycles. The van der Waals surface area contributed by atoms with Gasteiger partial charge in [0, 0.05) is 68.9 Å². The van der Waals surface area contributed by atoms with Crippen molar-refractivity contribution in [1.29, 1.82) is 0 Å². The summed E-state index contributed by atoms with van der Waals surface area (Å²) in [6.45, 7) is 14.3. The van der Waals surface area contributed by atoms with Gasteiger partial charge >= 0.3 is 0 Å². The molecule has 0 radical (unpaired) electrons. The summed E-state index contributed by atoms with van der Waals surface area (Å²) in [6, 6.07) is 20.3. The van der Waals surface area contributed by atoms with Crippen molar-refractivity contribution >= 4 is 63.0 Å². The number of nitrogens with zero attached hydrogens (tertiary/aromatic N) is 6. The van der Waals surface area contributed by atoms with Gasteiger partial charge in [0.25, 0.3) is 11.5 Å². The fraction of sp³-hybridized carbons (Fsp3) is 0.306. The van der Waals surface area contributed by atoms with Crippen LogP contribution in [0.3, 0.4) is 0 Å². The Labute approximate surface area is 385 Å². The monoisotopic (exact) mass is 910 g/mol. The third-order valence-electron chi connectivity index (χ3n) is 11.8. The fourth-order valence-corrected chi connectivity index (χ4v) is 9.60. The van der Waals surface area contributed by atoms with Gasteiger partial charge in [0.05, 0.1) is 29.4 Å². The van der Waals surface area contributed by atoms with Gasteiger partial charge in [-0.25, -0.2) is 0 Å². The average molecular weight is 912 g/mol. The largest absolute Gasteiger partial charge is 0.356 e. The van der Waals surface area contributed by atoms with Crippen molar-refractivity contribution in [3.63, 3.8) is 0 Å². The zero-order valence-electron chi connectivity index (χ0n) is 37.4. The molecule has 1 aliphatic rings. The lowest BCUT2D eigenvalue weighted by molar-refractivity contribution is -0.121. The number of hydrogen-bond donors (Lipinski definition) is 4. The molecule has 0 aliphatic carbocycles. The van der Waals surface area contributed by atoms with Crippen LogP contribution in [0.25, 0.3) is 27.0 Å². The molecular weight excluding hydrogens is 860 g/mol. The van der Waals surface area contributed by atoms with Crippen molar-refractivity contribution in [2.45, 2.75) is 92.8 Å². The van der Waals surface area contributed by atoms with E-state index in [1.807, 2.05) is 111 Å². The first-order chi connectivity index (χ1) is 31.2. The molecule has 1 atom stereocenters. The summed E-state index contributed by atoms with van der Waals surface area (Å²) >= 11 is 7.91. The number of aliphatic imine (C=N–C) groups is 1. The lowest BCUT2D eigenvalue weighted by Crippen LogP contribution is -2.28. The van der Waals surface area contributed by atoms with Gasteiger partial charge in [-0.2, -0.15) is 5.10 Å². The number of aromatic nitrogens is 6. The average Bonchev–Trinajstić information content (AvgIpc) is 3.93. The molecule has 14 nitrogen and oxygen atoms in total. The van der Waals surface area contributed by atoms with Gasteiger partial charge in [-0.1, -0.05) is 35.9 Å². The van der Waals surface area contributed by atoms with E-state index in [1.165, 1.54) is 4.88 Å². The summed E-state index contributed by atoms with van der Waals surface area (Å²) in [6.07, 6.45) is 3.25. The van der Waals surface area contributed by atoms with E-state index in [-0.39, 0.29) is 48.7 Å². The predicted octanol–water partition coefficient (Wildman–Crippen LogP) is 8.95. The van der Waals surface area contributed by atoms with Gasteiger partial charge in [-0.3, -0.25) is 33.4 Å². The molecule has 0 spiro atoms. The molecule has 0 unspecified atom stereocenters. The first-order valence-corrected chi connectivity index (χ1v) is 22.9. The Morgan fingerprint density at radius 2 is 1.62 bits per heavy atom. The van der Waals surface area contributed by atoms with Gasteiger partial charge < -0.3 is 20.9 Å². The Morgan fingerprint density at radius 1 is 0.877 bits per heavy atom. The second kappa shape index (κ2) is 18.8. The van der Waals surface area contributed by atoms with Crippen LogP contribution < -0.4 is 21.5 Å². The minimum absolute atomic E-state index is 0.0509. The highest BCUT2D eigenvalue weighted by Gasteiger charge is 2.32. The van der Waals surface area contributed by atoms with E-state index >= 15 is 0 Å². The number of amides is 3. The van der Waals surface area contributed by atoms with E-state index in [2.05, 4.69) is 50.1 Å². The number of carbonyl (C=O) groups is 3. The number of pyridine rings is 1. The highest BCUT2D eigenvalue weighted by molar-refractivity contribution is 7.15. The smallest absolute Gasteiger partial charge is 0.253 e. The molecule has 0 fully saturated rings. The molecule has 16 heteroatoms. The molecular formula is C49H51ClN10O4S. The van der Waals surface area contributed by atoms with Crippen molar-refractivity contribution in [2.75, 3.05) is 11.9 Å². The van der Waals surface area contributed by atoms with Crippen LogP contribution in [0.1, 0.15) is 112 Å². The summed E-state index contributed by atoms with van der Waals surface area (Å²) in [5.74, 6) is 0.721. The second-order valence-electron chi connectivity index (χ2n) is 16.8. The Bertz CT molecular complexity index is 3050. The first kappa shape index (κ1) is 44.9. The standard InChI is InChI=1S/C49H51ClN10O4S/c1-26(2)60-41-22-34(21-37(39(41)25-53-60)47(63)52-24-38-27(3)20-28(4)54-48(38)64)32-13-17-36(18-14-32)55-42(61)10-8-9-19-51-43(62)23-40-46-58-57-31(7)59(46)49-44(29(5)30(6)65-49)45(56-40)33-11-15-35(50)16-12-33/h11-18,20-22,25-26,40H,8-10,19,23-24H2,1-7H3,(H,51,62)(H,52,63)(H,54,64)(H,55,61)/t40-/m0/s1. The molecule has 334 valence electrons. The van der Waals surface area contributed by atoms with Crippen molar-refractivity contribution in [3.8, 4) is 16.1 Å². The maximum absolute atomic E-state index is 13.7. The number of nitrogens with one attached hydrogen (secondary N) is 4. The van der Waals surface area contributed by atoms with Crippen molar-refractivity contribution in [3.05, 3.63) is 144 Å². The molecule has 4 N–H and O–H groups in total. The van der Waals surface area contributed by atoms with Crippen LogP contribution in [0, 0.1) is 34.6 Å². The lowest BCUT2D eigenvalue weighted by atomic mass is 9.99. The van der Waals surface area contributed by atoms with Crippen LogP contribution in [-0.2, 0) is 16.1 Å². The van der Waals surface area contributed by atoms with E-state index in [0.29, 0.717) is 52.4 Å². The summed E-state index contributed by atoms with van der Waals surface area (Å²) in [4.78, 5) is 62.0. The van der Waals surface area contributed by atoms with Gasteiger partial charge in [0.15, 0.2) is 5.82 Å². The van der Waals surface area contributed by atoms with E-state index < -0.39 is 6.04 Å². The molecule has 0 bridgehead atoms. The van der Waals surface area contributed by atoms with Crippen LogP contribution in [0.2, 0.25) is 5.02 Å². The summed E-state index contributed by atoms with van der Waals surface area (Å²) < 4.78 is 3.90. The number of aryl methyl sites for hydroxylation is 4. The number of rotatable bonds is 14. The molecule has 0 saturated carbocycles. The van der Waals surface area contributed by atoms with Crippen molar-refractivity contribution in [1.82, 2.24) is 40.2 Å². The number of hydrogen-bond acceptors (Lipinski definition) is 9. The topological polar surface area (TPSA) is 181 Å². The van der Waals surface area contributed by atoms with Gasteiger partial charge in [0.1, 0.15) is 16.9 Å². The maximum atomic E-state index is 13.7. The molecule has 4 aromatic heterocycles. The van der Waals surface area contributed by atoms with E-state index in [9.17, 15) is 19.2 Å². The molecule has 3 amide bonds. The Kier molecular flexibility index (Phi) is 13.0. The van der Waals surface area contributed by atoms with Crippen LogP contribution in [0.4, 0.5) is 5.69 Å². The molecule has 3 aromatic carbocycles. The minimum atomic E-state index is -0.571. The summed E-state index contributed by atoms with van der Waals surface area (Å²) in [5.41, 5.74) is 9.22. The van der Waals surface area contributed by atoms with E-state index in [1.54, 1.807) is 17.5 Å². The SMILES string of the molecule is Cc1cc(C)c(CNC(=O)c2cc(-c3ccc(NC(=O)CCCCNC(=O)C[C@@H]4N=C(c5ccc(Cl)cc5)c5c(sc(C)c5C)-n5c(C)nnc54)cc3)cc3c2cnn3C(C)C)c(=O)[nH]1. The van der Waals surface area contributed by atoms with Crippen molar-refractivity contribution in [2.24, 2.45) is 4.99 Å². The normalized spacial score (nSPS) is 13.3. The summed E-state index contributed by atoms with van der Waals surface area (Å²) in [7, 11) is 0. The molecule has 65 heavy (non-hydrogen) atoms. The van der Waals surface area contributed by atoms with Gasteiger partial charge in [-0.05, 0) is 126 Å². The number of anilines is 1. The highest BCUT2D eigenvalue weighted by atomic mass is 35.5. The fourth-order valence-electron chi connectivity index (χ4n) is 8.26. The number of carbonyl (C=O) groups excluding carboxylic acids is 3. The first-order valence-electron chi connectivity index (χ1n) is 21.7. The minimum Gasteiger partial charge on any atom is -0.356 e. The van der Waals surface area contributed by atoms with E-state index in [0.717, 1.165) is 61.1 Å². The van der Waals surface area contributed by atoms with Gasteiger partial charge in [0.2, 0.25) is 11.8 Å². The van der Waals surface area contributed by atoms with E-state index in [4.69, 9.17) is 16.6 Å². The summed E-state index contributed by atoms with van der Waals surface area (Å²) in [5, 5.41) is 24.7. The zero-order chi connectivity index (χ0) is 46.1. The third-order valence-corrected chi connectivity index (χ3v) is 13.2. The number of halogens is 1. The van der Waals surface area contributed by atoms with Crippen LogP contribution in [-0.4, -0.2) is 59.5 Å². The number of fused-ring (bicyclic) bond motifs is 4. The maximum Gasteiger partial charge on any atom is 0.253 e. The number of aromatic amines is 1. The Hall–Kier alpha value is -6.71. The molecule has 1 aliphatic heterocycles. The quantitative estimate of drug-likeness (QED) is 0.0786. The highest BCUT2D eigenvalue weighted by Crippen LogP contribution is 2.40. The Morgan fingerprint density at radius 3 is 2.34 bits per heavy atom. The van der Waals surface area contributed by atoms with Gasteiger partial charge in [-0.15, -0.1) is 21.5 Å². The molecule has 7 aromatic rings. The number of thiophene rings is 1. The number of H-pyrrole nitrogens is 1. The van der Waals surface area contributed by atoms with Crippen molar-refractivity contribution < 1.29 is 14.4 Å². The van der Waals surface area contributed by atoms with Crippen LogP contribution in [0.15, 0.2) is 82.7 Å². The number of unbranched alkanes of at least 4 members (excludes halogenated alkanes) is 1. The predicted molar refractivity (Wildman–Crippen MR) is 257 cm³/mol. The second-order valence-corrected chi connectivity index (χ2v) is 18.4. The number of benzene rings is 3. The third kappa shape index (κ3) is 9.43. The molecule has 5 heterocycles. The Balaban J connectivity index is 0.875. The zero-order valence-corrected chi connectivity index (χ0v) is 39.0. The lowest BCUT2D eigenvalue weighted by Gasteiger charge is -2.13. The van der Waals surface area contributed by atoms with Crippen LogP contribution in [0.5, 0.6) is 0 Å². The van der Waals surface area contributed by atoms with Crippen LogP contribution >= 0.6 is 22.9 Å².